The molecule has 3 heterocycles. The first-order valence-electron chi connectivity index (χ1n) is 12.5. The van der Waals surface area contributed by atoms with Gasteiger partial charge in [-0.05, 0) is 38.5 Å². The van der Waals surface area contributed by atoms with Gasteiger partial charge in [0.2, 0.25) is 5.91 Å². The van der Waals surface area contributed by atoms with Gasteiger partial charge in [0.05, 0.1) is 29.5 Å². The molecule has 1 N–H and O–H groups in total. The van der Waals surface area contributed by atoms with E-state index in [-0.39, 0.29) is 23.6 Å². The number of nitrogens with zero attached hydrogens (tertiary/aromatic N) is 7. The zero-order valence-corrected chi connectivity index (χ0v) is 21.9. The summed E-state index contributed by atoms with van der Waals surface area (Å²) in [5.74, 6) is -0.468. The number of hydrogen-bond donors (Lipinski definition) is 1. The van der Waals surface area contributed by atoms with Crippen LogP contribution in [0, 0.1) is 17.0 Å². The summed E-state index contributed by atoms with van der Waals surface area (Å²) in [6.07, 6.45) is 3.78. The molecule has 3 aromatic rings. The lowest BCUT2D eigenvalue weighted by Gasteiger charge is -2.35. The fourth-order valence-electron chi connectivity index (χ4n) is 4.18. The van der Waals surface area contributed by atoms with Gasteiger partial charge in [-0.2, -0.15) is 10.2 Å². The number of aryl methyl sites for hydroxylation is 1. The van der Waals surface area contributed by atoms with Gasteiger partial charge in [0, 0.05) is 37.9 Å². The number of hydrogen-bond acceptors (Lipinski definition) is 8. The third kappa shape index (κ3) is 6.40. The fraction of sp³-hybridized carbons (Fsp3) is 0.400. The minimum Gasteiger partial charge on any atom is -0.450 e. The molecule has 14 heteroatoms. The molecule has 1 fully saturated rings. The molecule has 0 bridgehead atoms. The number of nitrogens with one attached hydrogen (secondary N) is 1. The Morgan fingerprint density at radius 1 is 1.10 bits per heavy atom. The van der Waals surface area contributed by atoms with Gasteiger partial charge >= 0.3 is 11.8 Å². The van der Waals surface area contributed by atoms with E-state index in [1.807, 2.05) is 0 Å². The molecule has 0 saturated carbocycles. The van der Waals surface area contributed by atoms with Crippen molar-refractivity contribution >= 4 is 29.3 Å². The largest absolute Gasteiger partial charge is 0.450 e. The van der Waals surface area contributed by atoms with E-state index in [1.165, 1.54) is 21.8 Å². The van der Waals surface area contributed by atoms with Gasteiger partial charge in [-0.3, -0.25) is 29.1 Å². The molecule has 1 aromatic carbocycles. The Bertz CT molecular complexity index is 1360. The van der Waals surface area contributed by atoms with Crippen molar-refractivity contribution in [3.63, 3.8) is 0 Å². The maximum Gasteiger partial charge on any atom is 0.409 e. The molecular weight excluding hydrogens is 508 g/mol. The summed E-state index contributed by atoms with van der Waals surface area (Å²) in [5.41, 5.74) is 2.20. The van der Waals surface area contributed by atoms with Crippen molar-refractivity contribution in [1.29, 1.82) is 0 Å². The molecule has 3 amide bonds. The van der Waals surface area contributed by atoms with Crippen LogP contribution in [0.5, 0.6) is 0 Å². The zero-order valence-electron chi connectivity index (χ0n) is 21.9. The van der Waals surface area contributed by atoms with Crippen molar-refractivity contribution in [3.05, 3.63) is 69.8 Å². The smallest absolute Gasteiger partial charge is 0.409 e. The number of rotatable bonds is 8. The van der Waals surface area contributed by atoms with Crippen molar-refractivity contribution in [2.45, 2.75) is 33.4 Å². The standard InChI is InChI=1S/C25H30N8O6/c1-4-39-25(36)30-11-9-29(10-12-30)24(35)18(3)32-16-22(17(2)28-32)27-23(34)20-7-5-19(6-8-20)14-31-15-21(13-26-31)33(37)38/h5-8,13,15-16,18H,4,9-12,14H2,1-3H3,(H,27,34). The fourth-order valence-corrected chi connectivity index (χ4v) is 4.18. The number of carbonyl (C=O) groups excluding carboxylic acids is 3. The van der Waals surface area contributed by atoms with E-state index in [2.05, 4.69) is 15.5 Å². The lowest BCUT2D eigenvalue weighted by Crippen LogP contribution is -2.52. The molecule has 0 aliphatic carbocycles. The second-order valence-electron chi connectivity index (χ2n) is 9.10. The Kier molecular flexibility index (Phi) is 8.22. The summed E-state index contributed by atoms with van der Waals surface area (Å²) in [6, 6.07) is 6.22. The highest BCUT2D eigenvalue weighted by molar-refractivity contribution is 6.04. The number of benzene rings is 1. The van der Waals surface area contributed by atoms with Crippen LogP contribution in [0.3, 0.4) is 0 Å². The van der Waals surface area contributed by atoms with Crippen LogP contribution >= 0.6 is 0 Å². The summed E-state index contributed by atoms with van der Waals surface area (Å²) in [5, 5.41) is 22.1. The maximum absolute atomic E-state index is 13.1. The van der Waals surface area contributed by atoms with Gasteiger partial charge in [0.15, 0.2) is 0 Å². The molecule has 0 spiro atoms. The highest BCUT2D eigenvalue weighted by Gasteiger charge is 2.29. The average Bonchev–Trinajstić information content (AvgIpc) is 3.55. The van der Waals surface area contributed by atoms with Crippen LogP contribution < -0.4 is 5.32 Å². The van der Waals surface area contributed by atoms with Crippen molar-refractivity contribution < 1.29 is 24.0 Å². The monoisotopic (exact) mass is 538 g/mol. The van der Waals surface area contributed by atoms with Crippen LogP contribution in [-0.2, 0) is 16.1 Å². The lowest BCUT2D eigenvalue weighted by atomic mass is 10.1. The van der Waals surface area contributed by atoms with E-state index in [0.717, 1.165) is 5.56 Å². The number of amides is 3. The number of ether oxygens (including phenoxy) is 1. The molecule has 14 nitrogen and oxygen atoms in total. The Hall–Kier alpha value is -4.75. The molecule has 1 saturated heterocycles. The second kappa shape index (κ2) is 11.8. The number of nitro groups is 1. The summed E-state index contributed by atoms with van der Waals surface area (Å²) >= 11 is 0. The molecule has 1 aliphatic rings. The molecule has 0 radical (unpaired) electrons. The molecule has 1 aliphatic heterocycles. The van der Waals surface area contributed by atoms with E-state index in [9.17, 15) is 24.5 Å². The van der Waals surface area contributed by atoms with Gasteiger partial charge < -0.3 is 19.9 Å². The van der Waals surface area contributed by atoms with Crippen LogP contribution in [0.4, 0.5) is 16.2 Å². The molecule has 206 valence electrons. The zero-order chi connectivity index (χ0) is 28.1. The Balaban J connectivity index is 1.34. The summed E-state index contributed by atoms with van der Waals surface area (Å²) < 4.78 is 8.00. The number of piperazine rings is 1. The van der Waals surface area contributed by atoms with Crippen molar-refractivity contribution in [3.8, 4) is 0 Å². The first-order chi connectivity index (χ1) is 18.7. The van der Waals surface area contributed by atoms with Crippen LogP contribution in [0.25, 0.3) is 0 Å². The van der Waals surface area contributed by atoms with Crippen LogP contribution in [0.15, 0.2) is 42.9 Å². The molecule has 1 atom stereocenters. The molecular formula is C25H30N8O6. The van der Waals surface area contributed by atoms with E-state index in [4.69, 9.17) is 4.74 Å². The summed E-state index contributed by atoms with van der Waals surface area (Å²) in [4.78, 5) is 51.4. The van der Waals surface area contributed by atoms with Gasteiger partial charge in [-0.1, -0.05) is 12.1 Å². The van der Waals surface area contributed by atoms with E-state index in [1.54, 1.807) is 61.0 Å². The highest BCUT2D eigenvalue weighted by atomic mass is 16.6. The van der Waals surface area contributed by atoms with Crippen molar-refractivity contribution in [1.82, 2.24) is 29.4 Å². The van der Waals surface area contributed by atoms with Gasteiger partial charge in [-0.25, -0.2) is 4.79 Å². The highest BCUT2D eigenvalue weighted by Crippen LogP contribution is 2.20. The normalized spacial score (nSPS) is 14.1. The van der Waals surface area contributed by atoms with Crippen LogP contribution in [0.1, 0.15) is 41.5 Å². The minimum absolute atomic E-state index is 0.0884. The van der Waals surface area contributed by atoms with Crippen molar-refractivity contribution in [2.24, 2.45) is 0 Å². The number of carbonyl (C=O) groups is 3. The first kappa shape index (κ1) is 27.3. The predicted molar refractivity (Wildman–Crippen MR) is 139 cm³/mol. The minimum atomic E-state index is -0.596. The Morgan fingerprint density at radius 3 is 2.38 bits per heavy atom. The molecule has 39 heavy (non-hydrogen) atoms. The van der Waals surface area contributed by atoms with Gasteiger partial charge in [0.25, 0.3) is 5.91 Å². The van der Waals surface area contributed by atoms with Crippen LogP contribution in [0.2, 0.25) is 0 Å². The Labute approximate surface area is 224 Å². The quantitative estimate of drug-likeness (QED) is 0.338. The molecule has 1 unspecified atom stereocenters. The average molecular weight is 539 g/mol. The topological polar surface area (TPSA) is 158 Å². The van der Waals surface area contributed by atoms with Crippen LogP contribution in [-0.4, -0.2) is 85.0 Å². The van der Waals surface area contributed by atoms with E-state index < -0.39 is 11.0 Å². The number of anilines is 1. The first-order valence-corrected chi connectivity index (χ1v) is 12.5. The second-order valence-corrected chi connectivity index (χ2v) is 9.10. The van der Waals surface area contributed by atoms with Gasteiger partial charge in [-0.15, -0.1) is 0 Å². The maximum atomic E-state index is 13.1. The molecule has 4 rings (SSSR count). The third-order valence-corrected chi connectivity index (χ3v) is 6.43. The third-order valence-electron chi connectivity index (χ3n) is 6.43. The van der Waals surface area contributed by atoms with E-state index >= 15 is 0 Å². The predicted octanol–water partition coefficient (Wildman–Crippen LogP) is 2.46. The van der Waals surface area contributed by atoms with Crippen molar-refractivity contribution in [2.75, 3.05) is 38.1 Å². The number of aromatic nitrogens is 4. The summed E-state index contributed by atoms with van der Waals surface area (Å²) in [6.45, 7) is 7.47. The van der Waals surface area contributed by atoms with Gasteiger partial charge in [0.1, 0.15) is 18.4 Å². The Morgan fingerprint density at radius 2 is 1.77 bits per heavy atom. The van der Waals surface area contributed by atoms with E-state index in [0.29, 0.717) is 56.3 Å². The SMILES string of the molecule is CCOC(=O)N1CCN(C(=O)C(C)n2cc(NC(=O)c3ccc(Cn4cc([N+](=O)[O-])cn4)cc3)c(C)n2)CC1. The lowest BCUT2D eigenvalue weighted by molar-refractivity contribution is -0.385. The molecule has 2 aromatic heterocycles. The summed E-state index contributed by atoms with van der Waals surface area (Å²) in [7, 11) is 0.